The first kappa shape index (κ1) is 21.2. The summed E-state index contributed by atoms with van der Waals surface area (Å²) in [5.74, 6) is -1.67. The van der Waals surface area contributed by atoms with Crippen LogP contribution in [0.5, 0.6) is 0 Å². The standard InChI is InChI=1S/C12H14F3N3O3S.ClH/c1-3-6-4-9(22(2,20)21)8(12(13,14)15)5-7(6)10(19)18-11(16)17;/h4-5H,3H2,1-2H3,(H4,16,17,18,19);1H. The molecular formula is C12H15ClF3N3O3S. The molecule has 0 saturated heterocycles. The van der Waals surface area contributed by atoms with E-state index in [2.05, 4.69) is 4.99 Å². The first-order valence-electron chi connectivity index (χ1n) is 5.96. The lowest BCUT2D eigenvalue weighted by molar-refractivity contribution is -0.139. The largest absolute Gasteiger partial charge is 0.417 e. The molecule has 1 aromatic carbocycles. The maximum atomic E-state index is 13.1. The SMILES string of the molecule is CCc1cc(S(C)(=O)=O)c(C(F)(F)F)cc1C(=O)N=C(N)N.Cl. The number of halogens is 4. The first-order valence-corrected chi connectivity index (χ1v) is 7.85. The molecule has 4 N–H and O–H groups in total. The second kappa shape index (κ2) is 7.18. The molecule has 0 heterocycles. The molecule has 0 spiro atoms. The highest BCUT2D eigenvalue weighted by Gasteiger charge is 2.37. The van der Waals surface area contributed by atoms with Gasteiger partial charge in [-0.15, -0.1) is 12.4 Å². The minimum atomic E-state index is -4.95. The van der Waals surface area contributed by atoms with E-state index in [-0.39, 0.29) is 24.4 Å². The lowest BCUT2D eigenvalue weighted by Crippen LogP contribution is -2.24. The molecule has 0 atom stereocenters. The number of rotatable bonds is 3. The highest BCUT2D eigenvalue weighted by Crippen LogP contribution is 2.36. The van der Waals surface area contributed by atoms with Crippen LogP contribution in [0, 0.1) is 0 Å². The number of sulfone groups is 1. The van der Waals surface area contributed by atoms with E-state index in [1.54, 1.807) is 6.92 Å². The Kier molecular flexibility index (Phi) is 6.61. The van der Waals surface area contributed by atoms with Gasteiger partial charge in [0, 0.05) is 11.8 Å². The second-order valence-corrected chi connectivity index (χ2v) is 6.45. The van der Waals surface area contributed by atoms with Crippen molar-refractivity contribution in [3.8, 4) is 0 Å². The van der Waals surface area contributed by atoms with Crippen molar-refractivity contribution >= 4 is 34.1 Å². The Hall–Kier alpha value is -1.81. The number of aryl methyl sites for hydroxylation is 1. The van der Waals surface area contributed by atoms with E-state index in [4.69, 9.17) is 11.5 Å². The average Bonchev–Trinajstić information content (AvgIpc) is 2.34. The zero-order valence-corrected chi connectivity index (χ0v) is 13.8. The predicted molar refractivity (Wildman–Crippen MR) is 81.3 cm³/mol. The van der Waals surface area contributed by atoms with E-state index in [1.165, 1.54) is 0 Å². The minimum Gasteiger partial charge on any atom is -0.370 e. The van der Waals surface area contributed by atoms with Gasteiger partial charge in [0.1, 0.15) is 0 Å². The van der Waals surface area contributed by atoms with Gasteiger partial charge in [0.25, 0.3) is 5.91 Å². The summed E-state index contributed by atoms with van der Waals surface area (Å²) in [7, 11) is -4.13. The van der Waals surface area contributed by atoms with Crippen LogP contribution < -0.4 is 11.5 Å². The molecule has 0 radical (unpaired) electrons. The normalized spacial score (nSPS) is 11.5. The summed E-state index contributed by atoms with van der Waals surface area (Å²) in [6.07, 6.45) is -4.16. The highest BCUT2D eigenvalue weighted by molar-refractivity contribution is 7.90. The van der Waals surface area contributed by atoms with Gasteiger partial charge < -0.3 is 11.5 Å². The molecule has 130 valence electrons. The van der Waals surface area contributed by atoms with Crippen LogP contribution in [-0.2, 0) is 22.4 Å². The summed E-state index contributed by atoms with van der Waals surface area (Å²) in [6, 6.07) is 1.29. The van der Waals surface area contributed by atoms with Gasteiger partial charge in [0.15, 0.2) is 15.8 Å². The molecule has 1 rings (SSSR count). The van der Waals surface area contributed by atoms with Crippen molar-refractivity contribution in [1.82, 2.24) is 0 Å². The van der Waals surface area contributed by atoms with E-state index in [0.717, 1.165) is 6.07 Å². The molecule has 0 saturated carbocycles. The fourth-order valence-electron chi connectivity index (χ4n) is 1.82. The van der Waals surface area contributed by atoms with E-state index in [0.29, 0.717) is 12.3 Å². The fourth-order valence-corrected chi connectivity index (χ4v) is 2.75. The number of carbonyl (C=O) groups excluding carboxylic acids is 1. The number of alkyl halides is 3. The molecule has 0 aliphatic heterocycles. The second-order valence-electron chi connectivity index (χ2n) is 4.47. The van der Waals surface area contributed by atoms with Crippen molar-refractivity contribution in [1.29, 1.82) is 0 Å². The molecule has 0 unspecified atom stereocenters. The Bertz CT molecular complexity index is 742. The van der Waals surface area contributed by atoms with Crippen molar-refractivity contribution in [2.45, 2.75) is 24.4 Å². The van der Waals surface area contributed by atoms with Crippen LogP contribution in [0.3, 0.4) is 0 Å². The Morgan fingerprint density at radius 3 is 2.13 bits per heavy atom. The van der Waals surface area contributed by atoms with Crippen LogP contribution in [0.2, 0.25) is 0 Å². The molecule has 0 aliphatic rings. The van der Waals surface area contributed by atoms with Crippen molar-refractivity contribution in [2.24, 2.45) is 16.5 Å². The van der Waals surface area contributed by atoms with Gasteiger partial charge in [-0.05, 0) is 24.1 Å². The first-order chi connectivity index (χ1) is 9.87. The smallest absolute Gasteiger partial charge is 0.370 e. The lowest BCUT2D eigenvalue weighted by Gasteiger charge is -2.15. The number of carbonyl (C=O) groups is 1. The zero-order valence-electron chi connectivity index (χ0n) is 12.1. The molecule has 23 heavy (non-hydrogen) atoms. The van der Waals surface area contributed by atoms with Crippen LogP contribution >= 0.6 is 12.4 Å². The Morgan fingerprint density at radius 1 is 1.26 bits per heavy atom. The topological polar surface area (TPSA) is 116 Å². The molecule has 11 heteroatoms. The highest BCUT2D eigenvalue weighted by atomic mass is 35.5. The maximum Gasteiger partial charge on any atom is 0.417 e. The summed E-state index contributed by atoms with van der Waals surface area (Å²) >= 11 is 0. The Labute approximate surface area is 137 Å². The number of amides is 1. The summed E-state index contributed by atoms with van der Waals surface area (Å²) in [6.45, 7) is 1.56. The maximum absolute atomic E-state index is 13.1. The van der Waals surface area contributed by atoms with Gasteiger partial charge in [-0.1, -0.05) is 6.92 Å². The molecule has 0 aromatic heterocycles. The third kappa shape index (κ3) is 5.10. The van der Waals surface area contributed by atoms with Gasteiger partial charge in [0.05, 0.1) is 10.5 Å². The lowest BCUT2D eigenvalue weighted by atomic mass is 10.0. The monoisotopic (exact) mass is 373 g/mol. The third-order valence-electron chi connectivity index (χ3n) is 2.75. The molecule has 0 aliphatic carbocycles. The number of aliphatic imine (C=N–C) groups is 1. The molecule has 6 nitrogen and oxygen atoms in total. The van der Waals surface area contributed by atoms with Gasteiger partial charge >= 0.3 is 6.18 Å². The number of hydrogen-bond donors (Lipinski definition) is 2. The Morgan fingerprint density at radius 2 is 1.78 bits per heavy atom. The predicted octanol–water partition coefficient (Wildman–Crippen LogP) is 1.51. The summed E-state index contributed by atoms with van der Waals surface area (Å²) < 4.78 is 62.3. The van der Waals surface area contributed by atoms with Gasteiger partial charge in [-0.2, -0.15) is 18.2 Å². The van der Waals surface area contributed by atoms with Crippen LogP contribution in [0.15, 0.2) is 22.0 Å². The molecular weight excluding hydrogens is 359 g/mol. The number of benzene rings is 1. The van der Waals surface area contributed by atoms with Crippen LogP contribution in [-0.4, -0.2) is 26.5 Å². The van der Waals surface area contributed by atoms with E-state index >= 15 is 0 Å². The number of hydrogen-bond acceptors (Lipinski definition) is 3. The van der Waals surface area contributed by atoms with Crippen LogP contribution in [0.1, 0.15) is 28.4 Å². The van der Waals surface area contributed by atoms with E-state index in [9.17, 15) is 26.4 Å². The fraction of sp³-hybridized carbons (Fsp3) is 0.333. The molecule has 0 fully saturated rings. The van der Waals surface area contributed by atoms with Gasteiger partial charge in [-0.3, -0.25) is 4.79 Å². The average molecular weight is 374 g/mol. The van der Waals surface area contributed by atoms with Gasteiger partial charge in [0.2, 0.25) is 0 Å². The van der Waals surface area contributed by atoms with Crippen LogP contribution in [0.4, 0.5) is 13.2 Å². The third-order valence-corrected chi connectivity index (χ3v) is 3.89. The number of guanidine groups is 1. The summed E-state index contributed by atoms with van der Waals surface area (Å²) in [5.41, 5.74) is 8.35. The summed E-state index contributed by atoms with van der Waals surface area (Å²) in [5, 5.41) is 0. The van der Waals surface area contributed by atoms with Crippen molar-refractivity contribution in [3.05, 3.63) is 28.8 Å². The van der Waals surface area contributed by atoms with Crippen LogP contribution in [0.25, 0.3) is 0 Å². The van der Waals surface area contributed by atoms with Crippen molar-refractivity contribution < 1.29 is 26.4 Å². The Balaban J connectivity index is 0.00000484. The number of nitrogens with zero attached hydrogens (tertiary/aromatic N) is 1. The zero-order chi connectivity index (χ0) is 17.3. The molecule has 1 amide bonds. The number of nitrogens with two attached hydrogens (primary N) is 2. The van der Waals surface area contributed by atoms with Crippen molar-refractivity contribution in [3.63, 3.8) is 0 Å². The minimum absolute atomic E-state index is 0. The summed E-state index contributed by atoms with van der Waals surface area (Å²) in [4.78, 5) is 14.1. The van der Waals surface area contributed by atoms with E-state index < -0.39 is 43.9 Å². The molecule has 1 aromatic rings. The van der Waals surface area contributed by atoms with Crippen molar-refractivity contribution in [2.75, 3.05) is 6.26 Å². The molecule has 0 bridgehead atoms. The van der Waals surface area contributed by atoms with Gasteiger partial charge in [-0.25, -0.2) is 8.42 Å². The van der Waals surface area contributed by atoms with E-state index in [1.807, 2.05) is 0 Å². The quantitative estimate of drug-likeness (QED) is 0.615.